The quantitative estimate of drug-likeness (QED) is 0.683. The Labute approximate surface area is 150 Å². The van der Waals surface area contributed by atoms with Crippen molar-refractivity contribution in [1.29, 1.82) is 0 Å². The lowest BCUT2D eigenvalue weighted by atomic mass is 9.88. The van der Waals surface area contributed by atoms with Crippen LogP contribution in [0.3, 0.4) is 0 Å². The maximum absolute atomic E-state index is 12.9. The van der Waals surface area contributed by atoms with Gasteiger partial charge in [-0.05, 0) is 12.5 Å². The number of rotatable bonds is 2. The predicted molar refractivity (Wildman–Crippen MR) is 91.3 cm³/mol. The van der Waals surface area contributed by atoms with E-state index < -0.39 is 11.9 Å². The van der Waals surface area contributed by atoms with Gasteiger partial charge < -0.3 is 9.80 Å². The number of nitrogens with zero attached hydrogens (tertiary/aromatic N) is 6. The molecule has 0 aromatic carbocycles. The molecule has 6 heterocycles. The lowest BCUT2D eigenvalue weighted by molar-refractivity contribution is -0.141. The number of aromatic nitrogens is 4. The van der Waals surface area contributed by atoms with Crippen LogP contribution in [0.2, 0.25) is 0 Å². The Morgan fingerprint density at radius 3 is 2.69 bits per heavy atom. The summed E-state index contributed by atoms with van der Waals surface area (Å²) in [4.78, 5) is 20.3. The smallest absolute Gasteiger partial charge is 0.352 e. The molecule has 6 rings (SSSR count). The van der Waals surface area contributed by atoms with E-state index in [9.17, 15) is 13.2 Å². The number of piperidine rings is 1. The highest BCUT2D eigenvalue weighted by atomic mass is 32.1. The lowest BCUT2D eigenvalue weighted by Crippen LogP contribution is -2.69. The zero-order valence-corrected chi connectivity index (χ0v) is 14.2. The Balaban J connectivity index is 1.37. The summed E-state index contributed by atoms with van der Waals surface area (Å²) in [6, 6.07) is 3.43. The van der Waals surface area contributed by atoms with Crippen LogP contribution in [0.15, 0.2) is 30.9 Å². The highest BCUT2D eigenvalue weighted by Crippen LogP contribution is 2.41. The molecule has 0 radical (unpaired) electrons. The van der Waals surface area contributed by atoms with Gasteiger partial charge in [-0.15, -0.1) is 0 Å². The number of halogens is 3. The third kappa shape index (κ3) is 2.47. The molecule has 0 spiro atoms. The summed E-state index contributed by atoms with van der Waals surface area (Å²) in [5.41, 5.74) is -0.0303. The van der Waals surface area contributed by atoms with Crippen molar-refractivity contribution in [2.24, 2.45) is 0 Å². The monoisotopic (exact) mass is 378 g/mol. The minimum atomic E-state index is -4.46. The highest BCUT2D eigenvalue weighted by molar-refractivity contribution is 7.22. The molecule has 26 heavy (non-hydrogen) atoms. The molecule has 3 aliphatic rings. The summed E-state index contributed by atoms with van der Waals surface area (Å²) in [5.74, 6) is 0.329. The third-order valence-electron chi connectivity index (χ3n) is 4.86. The minimum Gasteiger partial charge on any atom is -0.352 e. The fourth-order valence-corrected chi connectivity index (χ4v) is 4.74. The zero-order valence-electron chi connectivity index (χ0n) is 13.4. The molecule has 2 bridgehead atoms. The van der Waals surface area contributed by atoms with Crippen LogP contribution in [0.25, 0.3) is 10.2 Å². The van der Waals surface area contributed by atoms with Crippen LogP contribution in [0, 0.1) is 0 Å². The van der Waals surface area contributed by atoms with Gasteiger partial charge in [-0.1, -0.05) is 11.3 Å². The van der Waals surface area contributed by atoms with Gasteiger partial charge in [-0.25, -0.2) is 15.0 Å². The largest absolute Gasteiger partial charge is 0.433 e. The average molecular weight is 378 g/mol. The first-order valence-electron chi connectivity index (χ1n) is 8.12. The first-order valence-corrected chi connectivity index (χ1v) is 8.94. The number of hydrogen-bond donors (Lipinski definition) is 0. The van der Waals surface area contributed by atoms with Crippen molar-refractivity contribution in [1.82, 2.24) is 19.9 Å². The molecule has 2 unspecified atom stereocenters. The van der Waals surface area contributed by atoms with Crippen molar-refractivity contribution in [3.63, 3.8) is 0 Å². The molecular formula is C16H13F3N6S. The van der Waals surface area contributed by atoms with Crippen LogP contribution in [0.4, 0.5) is 24.1 Å². The number of piperazine rings is 1. The van der Waals surface area contributed by atoms with Crippen molar-refractivity contribution in [3.8, 4) is 0 Å². The molecule has 6 nitrogen and oxygen atoms in total. The average Bonchev–Trinajstić information content (AvgIpc) is 3.04. The number of fused-ring (bicyclic) bond motifs is 3. The highest BCUT2D eigenvalue weighted by Gasteiger charge is 2.46. The van der Waals surface area contributed by atoms with E-state index in [1.807, 2.05) is 11.0 Å². The van der Waals surface area contributed by atoms with Crippen molar-refractivity contribution in [2.75, 3.05) is 22.9 Å². The molecule has 0 aliphatic carbocycles. The SMILES string of the molecule is FC(F)(F)c1cc(N2CC3CC(C2)N3c2nc3cnccc3s2)ncn1. The van der Waals surface area contributed by atoms with Crippen LogP contribution in [0.1, 0.15) is 12.1 Å². The van der Waals surface area contributed by atoms with Gasteiger partial charge in [0, 0.05) is 25.4 Å². The van der Waals surface area contributed by atoms with Crippen LogP contribution >= 0.6 is 11.3 Å². The number of alkyl halides is 3. The number of anilines is 2. The fraction of sp³-hybridized carbons (Fsp3) is 0.375. The van der Waals surface area contributed by atoms with Crippen LogP contribution in [-0.4, -0.2) is 45.1 Å². The maximum Gasteiger partial charge on any atom is 0.433 e. The van der Waals surface area contributed by atoms with Crippen molar-refractivity contribution >= 4 is 32.5 Å². The third-order valence-corrected chi connectivity index (χ3v) is 5.91. The molecule has 3 aliphatic heterocycles. The van der Waals surface area contributed by atoms with Gasteiger partial charge in [0.05, 0.1) is 23.0 Å². The van der Waals surface area contributed by atoms with Crippen molar-refractivity contribution in [2.45, 2.75) is 24.7 Å². The molecule has 10 heteroatoms. The van der Waals surface area contributed by atoms with E-state index in [4.69, 9.17) is 0 Å². The molecule has 0 saturated carbocycles. The Hall–Kier alpha value is -2.49. The Morgan fingerprint density at radius 1 is 1.15 bits per heavy atom. The molecular weight excluding hydrogens is 365 g/mol. The standard InChI is InChI=1S/C16H13F3N6S/c17-16(18,19)13-4-14(22-8-21-13)24-6-9-3-10(7-24)25(9)15-23-11-5-20-2-1-12(11)26-15/h1-2,4-5,8-10H,3,6-7H2. The molecule has 3 aromatic rings. The molecule has 3 aromatic heterocycles. The summed E-state index contributed by atoms with van der Waals surface area (Å²) in [5, 5.41) is 0.951. The van der Waals surface area contributed by atoms with E-state index in [1.54, 1.807) is 23.7 Å². The second-order valence-corrected chi connectivity index (χ2v) is 7.46. The molecule has 0 amide bonds. The van der Waals surface area contributed by atoms with Crippen LogP contribution in [-0.2, 0) is 6.18 Å². The summed E-state index contributed by atoms with van der Waals surface area (Å²) in [6.45, 7) is 1.25. The van der Waals surface area contributed by atoms with E-state index in [0.29, 0.717) is 18.9 Å². The summed E-state index contributed by atoms with van der Waals surface area (Å²) >= 11 is 1.62. The molecule has 0 N–H and O–H groups in total. The Kier molecular flexibility index (Phi) is 3.33. The van der Waals surface area contributed by atoms with E-state index in [2.05, 4.69) is 24.8 Å². The van der Waals surface area contributed by atoms with E-state index in [1.165, 1.54) is 0 Å². The van der Waals surface area contributed by atoms with E-state index in [-0.39, 0.29) is 12.1 Å². The number of pyridine rings is 1. The summed E-state index contributed by atoms with van der Waals surface area (Å²) in [6.07, 6.45) is 1.03. The second kappa shape index (κ2) is 5.50. The van der Waals surface area contributed by atoms with E-state index in [0.717, 1.165) is 34.2 Å². The summed E-state index contributed by atoms with van der Waals surface area (Å²) < 4.78 is 39.7. The van der Waals surface area contributed by atoms with Crippen molar-refractivity contribution < 1.29 is 13.2 Å². The molecule has 134 valence electrons. The predicted octanol–water partition coefficient (Wildman–Crippen LogP) is 2.97. The van der Waals surface area contributed by atoms with Gasteiger partial charge >= 0.3 is 6.18 Å². The van der Waals surface area contributed by atoms with Gasteiger partial charge in [0.15, 0.2) is 5.13 Å². The van der Waals surface area contributed by atoms with E-state index >= 15 is 0 Å². The lowest BCUT2D eigenvalue weighted by Gasteiger charge is -2.56. The topological polar surface area (TPSA) is 58.0 Å². The normalized spacial score (nSPS) is 22.6. The van der Waals surface area contributed by atoms with Crippen molar-refractivity contribution in [3.05, 3.63) is 36.5 Å². The molecule has 2 atom stereocenters. The Morgan fingerprint density at radius 2 is 1.96 bits per heavy atom. The van der Waals surface area contributed by atoms with Gasteiger partial charge in [0.1, 0.15) is 23.4 Å². The molecule has 3 fully saturated rings. The fourth-order valence-electron chi connectivity index (χ4n) is 3.66. The van der Waals surface area contributed by atoms with Gasteiger partial charge in [-0.3, -0.25) is 4.98 Å². The Bertz CT molecular complexity index is 929. The molecule has 3 saturated heterocycles. The first-order chi connectivity index (χ1) is 12.5. The van der Waals surface area contributed by atoms with Crippen LogP contribution in [0.5, 0.6) is 0 Å². The zero-order chi connectivity index (χ0) is 17.9. The second-order valence-electron chi connectivity index (χ2n) is 6.45. The summed E-state index contributed by atoms with van der Waals surface area (Å²) in [7, 11) is 0. The maximum atomic E-state index is 12.9. The first kappa shape index (κ1) is 15.7. The van der Waals surface area contributed by atoms with Gasteiger partial charge in [-0.2, -0.15) is 13.2 Å². The van der Waals surface area contributed by atoms with Gasteiger partial charge in [0.2, 0.25) is 0 Å². The minimum absolute atomic E-state index is 0.228. The number of thiazole rings is 1. The van der Waals surface area contributed by atoms with Gasteiger partial charge in [0.25, 0.3) is 0 Å². The number of hydrogen-bond acceptors (Lipinski definition) is 7. The van der Waals surface area contributed by atoms with Crippen LogP contribution < -0.4 is 9.80 Å².